The van der Waals surface area contributed by atoms with Gasteiger partial charge in [0.15, 0.2) is 0 Å². The molecule has 1 aliphatic heterocycles. The average molecular weight is 362 g/mol. The molecule has 134 valence electrons. The number of carbonyl (C=O) groups excluding carboxylic acids is 2. The third-order valence-corrected chi connectivity index (χ3v) is 3.86. The zero-order chi connectivity index (χ0) is 16.8. The summed E-state index contributed by atoms with van der Waals surface area (Å²) in [7, 11) is 0. The van der Waals surface area contributed by atoms with E-state index in [9.17, 15) is 18.4 Å². The summed E-state index contributed by atoms with van der Waals surface area (Å²) in [4.78, 5) is 25.8. The summed E-state index contributed by atoms with van der Waals surface area (Å²) in [5.41, 5.74) is -0.489. The Bertz CT molecular complexity index is 560. The molecule has 8 heteroatoms. The number of nitrogens with zero attached hydrogens (tertiary/aromatic N) is 1. The van der Waals surface area contributed by atoms with Crippen molar-refractivity contribution < 1.29 is 18.4 Å². The maximum atomic E-state index is 13.5. The highest BCUT2D eigenvalue weighted by Gasteiger charge is 2.26. The van der Waals surface area contributed by atoms with Gasteiger partial charge in [-0.15, -0.1) is 12.4 Å². The number of hydrogen-bond acceptors (Lipinski definition) is 3. The fraction of sp³-hybridized carbons (Fsp3) is 0.500. The summed E-state index contributed by atoms with van der Waals surface area (Å²) >= 11 is 0. The van der Waals surface area contributed by atoms with Crippen molar-refractivity contribution in [1.82, 2.24) is 10.2 Å². The summed E-state index contributed by atoms with van der Waals surface area (Å²) in [6, 6.07) is 3.05. The highest BCUT2D eigenvalue weighted by molar-refractivity contribution is 5.95. The molecule has 0 bridgehead atoms. The van der Waals surface area contributed by atoms with Crippen LogP contribution in [-0.4, -0.2) is 42.4 Å². The molecule has 1 aromatic rings. The summed E-state index contributed by atoms with van der Waals surface area (Å²) < 4.78 is 27.1. The second-order valence-electron chi connectivity index (χ2n) is 5.50. The van der Waals surface area contributed by atoms with Gasteiger partial charge in [-0.05, 0) is 38.4 Å². The lowest BCUT2D eigenvalue weighted by Crippen LogP contribution is -2.50. The third-order valence-electron chi connectivity index (χ3n) is 3.86. The molecule has 24 heavy (non-hydrogen) atoms. The molecule has 1 aliphatic rings. The number of hydrogen-bond donors (Lipinski definition) is 2. The van der Waals surface area contributed by atoms with Crippen molar-refractivity contribution in [3.8, 4) is 0 Å². The number of piperidine rings is 1. The summed E-state index contributed by atoms with van der Waals surface area (Å²) in [5, 5.41) is 5.33. The lowest BCUT2D eigenvalue weighted by Gasteiger charge is -2.29. The van der Waals surface area contributed by atoms with Gasteiger partial charge in [0.25, 0.3) is 0 Å². The molecule has 2 N–H and O–H groups in total. The van der Waals surface area contributed by atoms with Crippen LogP contribution in [0, 0.1) is 11.6 Å². The first-order valence-corrected chi connectivity index (χ1v) is 7.79. The number of amides is 2. The van der Waals surface area contributed by atoms with Crippen LogP contribution in [0.5, 0.6) is 0 Å². The first kappa shape index (κ1) is 20.3. The molecular formula is C16H22ClF2N3O2. The number of para-hydroxylation sites is 1. The molecule has 5 nitrogen and oxygen atoms in total. The maximum Gasteiger partial charge on any atom is 0.244 e. The molecule has 1 aromatic carbocycles. The Kier molecular flexibility index (Phi) is 8.07. The summed E-state index contributed by atoms with van der Waals surface area (Å²) in [5.74, 6) is -2.47. The highest BCUT2D eigenvalue weighted by atomic mass is 35.5. The molecule has 0 aromatic heterocycles. The number of halogens is 3. The Hall–Kier alpha value is -1.73. The minimum absolute atomic E-state index is 0. The number of carbonyl (C=O) groups is 2. The fourth-order valence-electron chi connectivity index (χ4n) is 2.60. The van der Waals surface area contributed by atoms with Gasteiger partial charge in [0, 0.05) is 6.54 Å². The number of benzene rings is 1. The number of rotatable bonds is 5. The molecule has 1 saturated heterocycles. The Morgan fingerprint density at radius 2 is 1.96 bits per heavy atom. The molecule has 1 fully saturated rings. The first-order valence-electron chi connectivity index (χ1n) is 7.79. The molecule has 1 atom stereocenters. The van der Waals surface area contributed by atoms with Gasteiger partial charge in [0.05, 0.1) is 12.6 Å². The molecule has 2 rings (SSSR count). The van der Waals surface area contributed by atoms with Gasteiger partial charge < -0.3 is 15.5 Å². The lowest BCUT2D eigenvalue weighted by molar-refractivity contribution is -0.136. The van der Waals surface area contributed by atoms with Gasteiger partial charge in [-0.25, -0.2) is 8.78 Å². The van der Waals surface area contributed by atoms with Gasteiger partial charge in [0.2, 0.25) is 11.8 Å². The van der Waals surface area contributed by atoms with Crippen molar-refractivity contribution in [3.05, 3.63) is 29.8 Å². The van der Waals surface area contributed by atoms with E-state index in [0.29, 0.717) is 6.54 Å². The lowest BCUT2D eigenvalue weighted by atomic mass is 10.0. The zero-order valence-corrected chi connectivity index (χ0v) is 14.3. The largest absolute Gasteiger partial charge is 0.332 e. The zero-order valence-electron chi connectivity index (χ0n) is 13.5. The SMILES string of the molecule is CCN(CC(=O)Nc1c(F)cccc1F)C(=O)C1CCCCN1.Cl. The fourth-order valence-corrected chi connectivity index (χ4v) is 2.60. The Labute approximate surface area is 146 Å². The van der Waals surface area contributed by atoms with Gasteiger partial charge in [-0.3, -0.25) is 9.59 Å². The van der Waals surface area contributed by atoms with Gasteiger partial charge in [-0.2, -0.15) is 0 Å². The van der Waals surface area contributed by atoms with Crippen LogP contribution in [0.25, 0.3) is 0 Å². The predicted octanol–water partition coefficient (Wildman–Crippen LogP) is 2.32. The van der Waals surface area contributed by atoms with E-state index in [4.69, 9.17) is 0 Å². The highest BCUT2D eigenvalue weighted by Crippen LogP contribution is 2.18. The standard InChI is InChI=1S/C16H21F2N3O2.ClH/c1-2-21(16(23)13-8-3-4-9-19-13)10-14(22)20-15-11(17)6-5-7-12(15)18;/h5-7,13,19H,2-4,8-10H2,1H3,(H,20,22);1H. The second kappa shape index (κ2) is 9.54. The molecule has 0 radical (unpaired) electrons. The van der Waals surface area contributed by atoms with E-state index in [0.717, 1.165) is 37.9 Å². The van der Waals surface area contributed by atoms with E-state index in [-0.39, 0.29) is 30.9 Å². The average Bonchev–Trinajstić information content (AvgIpc) is 2.56. The van der Waals surface area contributed by atoms with Crippen LogP contribution in [-0.2, 0) is 9.59 Å². The van der Waals surface area contributed by atoms with Crippen molar-refractivity contribution in [2.75, 3.05) is 25.0 Å². The monoisotopic (exact) mass is 361 g/mol. The van der Waals surface area contributed by atoms with Crippen LogP contribution < -0.4 is 10.6 Å². The first-order chi connectivity index (χ1) is 11.0. The normalized spacial score (nSPS) is 16.9. The molecule has 1 unspecified atom stereocenters. The van der Waals surface area contributed by atoms with E-state index >= 15 is 0 Å². The van der Waals surface area contributed by atoms with Crippen molar-refractivity contribution in [2.45, 2.75) is 32.2 Å². The Balaban J connectivity index is 0.00000288. The van der Waals surface area contributed by atoms with Crippen LogP contribution in [0.4, 0.5) is 14.5 Å². The van der Waals surface area contributed by atoms with Crippen molar-refractivity contribution in [1.29, 1.82) is 0 Å². The minimum atomic E-state index is -0.846. The Morgan fingerprint density at radius 1 is 1.29 bits per heavy atom. The smallest absolute Gasteiger partial charge is 0.244 e. The maximum absolute atomic E-state index is 13.5. The van der Waals surface area contributed by atoms with Crippen molar-refractivity contribution in [3.63, 3.8) is 0 Å². The van der Waals surface area contributed by atoms with Crippen LogP contribution in [0.1, 0.15) is 26.2 Å². The third kappa shape index (κ3) is 5.14. The van der Waals surface area contributed by atoms with Gasteiger partial charge in [-0.1, -0.05) is 12.5 Å². The summed E-state index contributed by atoms with van der Waals surface area (Å²) in [6.45, 7) is 2.66. The molecule has 1 heterocycles. The van der Waals surface area contributed by atoms with Gasteiger partial charge >= 0.3 is 0 Å². The molecule has 0 aliphatic carbocycles. The van der Waals surface area contributed by atoms with Gasteiger partial charge in [0.1, 0.15) is 17.3 Å². The van der Waals surface area contributed by atoms with E-state index in [1.54, 1.807) is 6.92 Å². The van der Waals surface area contributed by atoms with E-state index in [1.165, 1.54) is 11.0 Å². The number of nitrogens with one attached hydrogen (secondary N) is 2. The van der Waals surface area contributed by atoms with Crippen LogP contribution in [0.15, 0.2) is 18.2 Å². The van der Waals surface area contributed by atoms with Crippen molar-refractivity contribution in [2.24, 2.45) is 0 Å². The minimum Gasteiger partial charge on any atom is -0.332 e. The molecule has 2 amide bonds. The van der Waals surface area contributed by atoms with Crippen LogP contribution >= 0.6 is 12.4 Å². The topological polar surface area (TPSA) is 61.4 Å². The molecule has 0 spiro atoms. The molecule has 0 saturated carbocycles. The quantitative estimate of drug-likeness (QED) is 0.846. The second-order valence-corrected chi connectivity index (χ2v) is 5.50. The van der Waals surface area contributed by atoms with E-state index in [1.807, 2.05) is 0 Å². The molecular weight excluding hydrogens is 340 g/mol. The van der Waals surface area contributed by atoms with Crippen LogP contribution in [0.3, 0.4) is 0 Å². The predicted molar refractivity (Wildman–Crippen MR) is 90.1 cm³/mol. The van der Waals surface area contributed by atoms with E-state index < -0.39 is 23.2 Å². The van der Waals surface area contributed by atoms with E-state index in [2.05, 4.69) is 10.6 Å². The summed E-state index contributed by atoms with van der Waals surface area (Å²) in [6.07, 6.45) is 2.73. The Morgan fingerprint density at radius 3 is 2.50 bits per heavy atom. The van der Waals surface area contributed by atoms with Crippen molar-refractivity contribution >= 4 is 29.9 Å². The van der Waals surface area contributed by atoms with Crippen LogP contribution in [0.2, 0.25) is 0 Å². The number of anilines is 1. The number of likely N-dealkylation sites (N-methyl/N-ethyl adjacent to an activating group) is 1.